The normalized spacial score (nSPS) is 14.5. The summed E-state index contributed by atoms with van der Waals surface area (Å²) in [5.41, 5.74) is 2.36. The molecule has 116 valence electrons. The molecule has 0 radical (unpaired) electrons. The number of rotatable bonds is 5. The first-order chi connectivity index (χ1) is 10.6. The Morgan fingerprint density at radius 1 is 1.32 bits per heavy atom. The fraction of sp³-hybridized carbons (Fsp3) is 0.353. The third-order valence-corrected chi connectivity index (χ3v) is 4.38. The third kappa shape index (κ3) is 3.48. The molecule has 0 atom stereocenters. The Morgan fingerprint density at radius 3 is 2.73 bits per heavy atom. The minimum atomic E-state index is 0.216. The van der Waals surface area contributed by atoms with Gasteiger partial charge in [-0.15, -0.1) is 11.3 Å². The van der Waals surface area contributed by atoms with Crippen molar-refractivity contribution in [3.05, 3.63) is 51.7 Å². The number of benzene rings is 1. The van der Waals surface area contributed by atoms with E-state index in [0.29, 0.717) is 0 Å². The minimum absolute atomic E-state index is 0.216. The van der Waals surface area contributed by atoms with Crippen LogP contribution in [0.25, 0.3) is 0 Å². The first kappa shape index (κ1) is 15.1. The van der Waals surface area contributed by atoms with Crippen LogP contribution in [0.2, 0.25) is 0 Å². The van der Waals surface area contributed by atoms with Crippen LogP contribution in [0.5, 0.6) is 5.75 Å². The molecule has 1 aliphatic rings. The van der Waals surface area contributed by atoms with Crippen molar-refractivity contribution < 1.29 is 4.74 Å². The minimum Gasteiger partial charge on any atom is -0.490 e. The van der Waals surface area contributed by atoms with Crippen LogP contribution < -0.4 is 10.6 Å². The van der Waals surface area contributed by atoms with Crippen molar-refractivity contribution in [1.29, 1.82) is 0 Å². The van der Waals surface area contributed by atoms with E-state index in [0.717, 1.165) is 36.7 Å². The Balaban J connectivity index is 1.67. The van der Waals surface area contributed by atoms with Gasteiger partial charge in [-0.3, -0.25) is 10.0 Å². The highest BCUT2D eigenvalue weighted by Gasteiger charge is 2.14. The van der Waals surface area contributed by atoms with Crippen molar-refractivity contribution in [3.63, 3.8) is 0 Å². The average molecular weight is 315 g/mol. The highest BCUT2D eigenvalue weighted by atomic mass is 32.1. The molecule has 0 unspecified atom stereocenters. The predicted octanol–water partition coefficient (Wildman–Crippen LogP) is 3.06. The third-order valence-electron chi connectivity index (χ3n) is 3.47. The maximum atomic E-state index is 5.91. The zero-order valence-corrected chi connectivity index (χ0v) is 13.8. The fourth-order valence-corrected chi connectivity index (χ4v) is 3.30. The lowest BCUT2D eigenvalue weighted by molar-refractivity contribution is 0.243. The lowest BCUT2D eigenvalue weighted by atomic mass is 10.1. The number of nitrogens with zero attached hydrogens (tertiary/aromatic N) is 2. The molecule has 0 amide bonds. The number of hydrogen-bond donors (Lipinski definition) is 1. The summed E-state index contributed by atoms with van der Waals surface area (Å²) in [4.78, 5) is 5.74. The van der Waals surface area contributed by atoms with E-state index < -0.39 is 0 Å². The van der Waals surface area contributed by atoms with E-state index >= 15 is 0 Å². The van der Waals surface area contributed by atoms with Crippen LogP contribution in [0, 0.1) is 0 Å². The molecule has 0 aliphatic carbocycles. The summed E-state index contributed by atoms with van der Waals surface area (Å²) >= 11 is 1.74. The maximum absolute atomic E-state index is 5.91. The molecule has 1 aromatic heterocycles. The number of thiophene rings is 1. The number of amidine groups is 1. The van der Waals surface area contributed by atoms with Gasteiger partial charge >= 0.3 is 0 Å². The molecule has 2 heterocycles. The number of nitrogens with two attached hydrogens (primary N) is 1. The summed E-state index contributed by atoms with van der Waals surface area (Å²) in [6, 6.07) is 10.6. The molecule has 3 rings (SSSR count). The number of aliphatic imine (C=N–C) groups is 1. The fourth-order valence-electron chi connectivity index (χ4n) is 2.48. The van der Waals surface area contributed by atoms with Crippen molar-refractivity contribution in [3.8, 4) is 5.75 Å². The Hall–Kier alpha value is -1.85. The van der Waals surface area contributed by atoms with Crippen molar-refractivity contribution in [2.45, 2.75) is 26.4 Å². The van der Waals surface area contributed by atoms with Crippen molar-refractivity contribution in [1.82, 2.24) is 5.01 Å². The molecular weight excluding hydrogens is 294 g/mol. The van der Waals surface area contributed by atoms with Gasteiger partial charge in [0.1, 0.15) is 11.6 Å². The molecule has 2 aromatic rings. The van der Waals surface area contributed by atoms with Gasteiger partial charge in [-0.2, -0.15) is 0 Å². The number of hydrazine groups is 1. The summed E-state index contributed by atoms with van der Waals surface area (Å²) in [6.07, 6.45) is 1.14. The van der Waals surface area contributed by atoms with Gasteiger partial charge in [0, 0.05) is 22.2 Å². The van der Waals surface area contributed by atoms with E-state index in [4.69, 9.17) is 10.6 Å². The second-order valence-corrected chi connectivity index (χ2v) is 6.68. The van der Waals surface area contributed by atoms with Gasteiger partial charge in [0.25, 0.3) is 0 Å². The quantitative estimate of drug-likeness (QED) is 0.863. The first-order valence-corrected chi connectivity index (χ1v) is 8.40. The van der Waals surface area contributed by atoms with Gasteiger partial charge < -0.3 is 4.74 Å². The van der Waals surface area contributed by atoms with Crippen molar-refractivity contribution in [2.75, 3.05) is 13.1 Å². The standard InChI is InChI=1S/C17H21N3OS/c1-12(2)21-15-10-16(22-11-15)9-13-3-5-14(6-4-13)17-19-7-8-20(17)18/h3-6,10-12H,7-9,18H2,1-2H3. The van der Waals surface area contributed by atoms with E-state index in [-0.39, 0.29) is 6.10 Å². The van der Waals surface area contributed by atoms with Crippen LogP contribution in [0.4, 0.5) is 0 Å². The van der Waals surface area contributed by atoms with Crippen LogP contribution in [0.15, 0.2) is 40.7 Å². The first-order valence-electron chi connectivity index (χ1n) is 7.52. The monoisotopic (exact) mass is 315 g/mol. The molecular formula is C17H21N3OS. The smallest absolute Gasteiger partial charge is 0.145 e. The van der Waals surface area contributed by atoms with Gasteiger partial charge in [-0.1, -0.05) is 24.3 Å². The number of hydrogen-bond acceptors (Lipinski definition) is 5. The molecule has 0 fully saturated rings. The Bertz CT molecular complexity index is 661. The summed E-state index contributed by atoms with van der Waals surface area (Å²) in [7, 11) is 0. The van der Waals surface area contributed by atoms with Crippen molar-refractivity contribution >= 4 is 17.2 Å². The Kier molecular flexibility index (Phi) is 4.45. The maximum Gasteiger partial charge on any atom is 0.145 e. The summed E-state index contributed by atoms with van der Waals surface area (Å²) in [5, 5.41) is 3.78. The Morgan fingerprint density at radius 2 is 2.09 bits per heavy atom. The predicted molar refractivity (Wildman–Crippen MR) is 91.6 cm³/mol. The van der Waals surface area contributed by atoms with Gasteiger partial charge in [0.2, 0.25) is 0 Å². The van der Waals surface area contributed by atoms with E-state index in [9.17, 15) is 0 Å². The van der Waals surface area contributed by atoms with Crippen LogP contribution in [-0.2, 0) is 6.42 Å². The van der Waals surface area contributed by atoms with Crippen LogP contribution in [0.3, 0.4) is 0 Å². The second-order valence-electron chi connectivity index (χ2n) is 5.69. The Labute approximate surface area is 135 Å². The molecule has 4 nitrogen and oxygen atoms in total. The highest BCUT2D eigenvalue weighted by molar-refractivity contribution is 7.10. The SMILES string of the molecule is CC(C)Oc1csc(Cc2ccc(C3=NCCN3N)cc2)c1. The highest BCUT2D eigenvalue weighted by Crippen LogP contribution is 2.25. The summed E-state index contributed by atoms with van der Waals surface area (Å²) in [6.45, 7) is 5.66. The zero-order valence-electron chi connectivity index (χ0n) is 13.0. The lowest BCUT2D eigenvalue weighted by Crippen LogP contribution is -2.34. The summed E-state index contributed by atoms with van der Waals surface area (Å²) in [5.74, 6) is 7.75. The van der Waals surface area contributed by atoms with Gasteiger partial charge in [-0.25, -0.2) is 5.84 Å². The van der Waals surface area contributed by atoms with Crippen LogP contribution >= 0.6 is 11.3 Å². The molecule has 0 saturated heterocycles. The van der Waals surface area contributed by atoms with E-state index in [2.05, 4.69) is 40.7 Å². The van der Waals surface area contributed by atoms with Gasteiger partial charge in [0.05, 0.1) is 19.2 Å². The molecule has 1 aliphatic heterocycles. The molecule has 0 spiro atoms. The van der Waals surface area contributed by atoms with Crippen LogP contribution in [0.1, 0.15) is 29.9 Å². The average Bonchev–Trinajstić information content (AvgIpc) is 3.08. The van der Waals surface area contributed by atoms with Crippen LogP contribution in [-0.4, -0.2) is 30.0 Å². The molecule has 0 bridgehead atoms. The van der Waals surface area contributed by atoms with Gasteiger partial charge in [0.15, 0.2) is 0 Å². The summed E-state index contributed by atoms with van der Waals surface area (Å²) < 4.78 is 5.71. The van der Waals surface area contributed by atoms with Gasteiger partial charge in [-0.05, 0) is 25.5 Å². The lowest BCUT2D eigenvalue weighted by Gasteiger charge is -2.13. The molecule has 0 saturated carbocycles. The second kappa shape index (κ2) is 6.50. The molecule has 22 heavy (non-hydrogen) atoms. The number of ether oxygens (including phenoxy) is 1. The molecule has 2 N–H and O–H groups in total. The van der Waals surface area contributed by atoms with E-state index in [1.807, 2.05) is 13.8 Å². The zero-order chi connectivity index (χ0) is 15.5. The molecule has 1 aromatic carbocycles. The van der Waals surface area contributed by atoms with E-state index in [1.54, 1.807) is 16.3 Å². The largest absolute Gasteiger partial charge is 0.490 e. The van der Waals surface area contributed by atoms with Crippen molar-refractivity contribution in [2.24, 2.45) is 10.8 Å². The van der Waals surface area contributed by atoms with E-state index in [1.165, 1.54) is 10.4 Å². The molecule has 5 heteroatoms. The topological polar surface area (TPSA) is 50.8 Å².